The van der Waals surface area contributed by atoms with Crippen LogP contribution < -0.4 is 0 Å². The van der Waals surface area contributed by atoms with Gasteiger partial charge in [0.1, 0.15) is 12.6 Å². The molecule has 8 heteroatoms. The van der Waals surface area contributed by atoms with Gasteiger partial charge in [0.25, 0.3) is 0 Å². The predicted octanol–water partition coefficient (Wildman–Crippen LogP) is -0.0786. The van der Waals surface area contributed by atoms with Crippen LogP contribution >= 0.6 is 0 Å². The fourth-order valence-corrected chi connectivity index (χ4v) is 4.45. The first-order chi connectivity index (χ1) is 11.9. The number of fused-ring (bicyclic) bond motifs is 1. The van der Waals surface area contributed by atoms with Crippen LogP contribution in [0.2, 0.25) is 0 Å². The summed E-state index contributed by atoms with van der Waals surface area (Å²) in [6.45, 7) is 2.77. The van der Waals surface area contributed by atoms with Crippen molar-refractivity contribution in [1.82, 2.24) is 14.7 Å². The minimum absolute atomic E-state index is 0.0508. The van der Waals surface area contributed by atoms with E-state index >= 15 is 0 Å². The lowest BCUT2D eigenvalue weighted by Gasteiger charge is -2.36. The molecule has 1 N–H and O–H groups in total. The number of carboxylic acid groups (broad SMARTS) is 1. The standard InChI is InChI=1S/C17H25N3O5/c1-2-18-7-8-19(16(23)15(18)22)10-14(21)20-12-6-4-3-5-11(12)9-13(20)17(24)25/h11-13H,2-10H2,1H3,(H,24,25). The van der Waals surface area contributed by atoms with Crippen LogP contribution in [0.1, 0.15) is 39.0 Å². The number of carbonyl (C=O) groups excluding carboxylic acids is 3. The Kier molecular flexibility index (Phi) is 4.96. The van der Waals surface area contributed by atoms with E-state index in [-0.39, 0.29) is 24.4 Å². The number of nitrogens with zero attached hydrogens (tertiary/aromatic N) is 3. The van der Waals surface area contributed by atoms with Crippen molar-refractivity contribution in [3.05, 3.63) is 0 Å². The molecule has 2 aliphatic heterocycles. The summed E-state index contributed by atoms with van der Waals surface area (Å²) in [5, 5.41) is 9.51. The van der Waals surface area contributed by atoms with E-state index in [4.69, 9.17) is 0 Å². The van der Waals surface area contributed by atoms with Crippen molar-refractivity contribution in [2.24, 2.45) is 5.92 Å². The molecule has 2 saturated heterocycles. The van der Waals surface area contributed by atoms with Gasteiger partial charge in [-0.15, -0.1) is 0 Å². The number of hydrogen-bond acceptors (Lipinski definition) is 4. The highest BCUT2D eigenvalue weighted by atomic mass is 16.4. The Labute approximate surface area is 146 Å². The Bertz CT molecular complexity index is 593. The predicted molar refractivity (Wildman–Crippen MR) is 87.5 cm³/mol. The fraction of sp³-hybridized carbons (Fsp3) is 0.765. The van der Waals surface area contributed by atoms with Crippen LogP contribution in [-0.4, -0.2) is 81.8 Å². The number of rotatable bonds is 4. The maximum Gasteiger partial charge on any atom is 0.326 e. The highest BCUT2D eigenvalue weighted by Gasteiger charge is 2.48. The Morgan fingerprint density at radius 3 is 2.40 bits per heavy atom. The Hall–Kier alpha value is -2.12. The van der Waals surface area contributed by atoms with E-state index in [1.807, 2.05) is 0 Å². The van der Waals surface area contributed by atoms with E-state index < -0.39 is 23.8 Å². The van der Waals surface area contributed by atoms with Gasteiger partial charge in [-0.2, -0.15) is 0 Å². The first-order valence-electron chi connectivity index (χ1n) is 9.06. The Balaban J connectivity index is 1.72. The zero-order chi connectivity index (χ0) is 18.1. The van der Waals surface area contributed by atoms with Gasteiger partial charge in [-0.05, 0) is 32.1 Å². The van der Waals surface area contributed by atoms with Gasteiger partial charge in [0, 0.05) is 25.7 Å². The van der Waals surface area contributed by atoms with Gasteiger partial charge in [0.15, 0.2) is 0 Å². The number of piperazine rings is 1. The number of amides is 3. The molecule has 8 nitrogen and oxygen atoms in total. The molecule has 3 unspecified atom stereocenters. The van der Waals surface area contributed by atoms with Gasteiger partial charge < -0.3 is 19.8 Å². The van der Waals surface area contributed by atoms with Crippen molar-refractivity contribution in [2.45, 2.75) is 51.1 Å². The van der Waals surface area contributed by atoms with Crippen LogP contribution in [0.4, 0.5) is 0 Å². The average molecular weight is 351 g/mol. The molecular weight excluding hydrogens is 326 g/mol. The van der Waals surface area contributed by atoms with Crippen molar-refractivity contribution in [2.75, 3.05) is 26.2 Å². The molecule has 3 amide bonds. The molecule has 0 radical (unpaired) electrons. The van der Waals surface area contributed by atoms with Crippen molar-refractivity contribution in [1.29, 1.82) is 0 Å². The smallest absolute Gasteiger partial charge is 0.326 e. The molecule has 25 heavy (non-hydrogen) atoms. The molecule has 1 saturated carbocycles. The molecule has 3 rings (SSSR count). The van der Waals surface area contributed by atoms with Crippen LogP contribution in [0.3, 0.4) is 0 Å². The summed E-state index contributed by atoms with van der Waals surface area (Å²) < 4.78 is 0. The summed E-state index contributed by atoms with van der Waals surface area (Å²) >= 11 is 0. The summed E-state index contributed by atoms with van der Waals surface area (Å²) in [7, 11) is 0. The van der Waals surface area contributed by atoms with Gasteiger partial charge in [-0.1, -0.05) is 12.8 Å². The third-order valence-corrected chi connectivity index (χ3v) is 5.77. The summed E-state index contributed by atoms with van der Waals surface area (Å²) in [5.41, 5.74) is 0. The first-order valence-corrected chi connectivity index (χ1v) is 9.06. The minimum Gasteiger partial charge on any atom is -0.480 e. The monoisotopic (exact) mass is 351 g/mol. The van der Waals surface area contributed by atoms with Crippen LogP contribution in [0.25, 0.3) is 0 Å². The van der Waals surface area contributed by atoms with Crippen molar-refractivity contribution in [3.63, 3.8) is 0 Å². The van der Waals surface area contributed by atoms with Gasteiger partial charge in [-0.3, -0.25) is 14.4 Å². The number of likely N-dealkylation sites (N-methyl/N-ethyl adjacent to an activating group) is 1. The molecule has 3 aliphatic rings. The average Bonchev–Trinajstić information content (AvgIpc) is 2.99. The van der Waals surface area contributed by atoms with Crippen LogP contribution in [0, 0.1) is 5.92 Å². The SMILES string of the molecule is CCN1CCN(CC(=O)N2C(C(=O)O)CC3CCCCC32)C(=O)C1=O. The summed E-state index contributed by atoms with van der Waals surface area (Å²) in [6.07, 6.45) is 4.31. The van der Waals surface area contributed by atoms with E-state index in [2.05, 4.69) is 0 Å². The molecule has 1 aliphatic carbocycles. The van der Waals surface area contributed by atoms with Crippen LogP contribution in [-0.2, 0) is 19.2 Å². The fourth-order valence-electron chi connectivity index (χ4n) is 4.45. The van der Waals surface area contributed by atoms with Crippen molar-refractivity contribution in [3.8, 4) is 0 Å². The normalized spacial score (nSPS) is 29.8. The van der Waals surface area contributed by atoms with E-state index in [9.17, 15) is 24.3 Å². The summed E-state index contributed by atoms with van der Waals surface area (Å²) in [6, 6.07) is -0.867. The summed E-state index contributed by atoms with van der Waals surface area (Å²) in [5.74, 6) is -2.37. The molecule has 0 aromatic heterocycles. The van der Waals surface area contributed by atoms with Gasteiger partial charge in [0.2, 0.25) is 5.91 Å². The lowest BCUT2D eigenvalue weighted by Crippen LogP contribution is -2.57. The zero-order valence-corrected chi connectivity index (χ0v) is 14.5. The third-order valence-electron chi connectivity index (χ3n) is 5.77. The molecule has 0 aromatic rings. The highest BCUT2D eigenvalue weighted by molar-refractivity contribution is 6.35. The van der Waals surface area contributed by atoms with Crippen LogP contribution in [0.15, 0.2) is 0 Å². The second-order valence-corrected chi connectivity index (χ2v) is 7.11. The molecular formula is C17H25N3O5. The van der Waals surface area contributed by atoms with Gasteiger partial charge in [0.05, 0.1) is 0 Å². The molecule has 3 fully saturated rings. The highest BCUT2D eigenvalue weighted by Crippen LogP contribution is 2.39. The van der Waals surface area contributed by atoms with E-state index in [1.54, 1.807) is 6.92 Å². The van der Waals surface area contributed by atoms with E-state index in [0.717, 1.165) is 25.7 Å². The summed E-state index contributed by atoms with van der Waals surface area (Å²) in [4.78, 5) is 52.8. The van der Waals surface area contributed by atoms with Gasteiger partial charge in [-0.25, -0.2) is 4.79 Å². The maximum atomic E-state index is 12.8. The largest absolute Gasteiger partial charge is 0.480 e. The topological polar surface area (TPSA) is 98.2 Å². The number of hydrogen-bond donors (Lipinski definition) is 1. The lowest BCUT2D eigenvalue weighted by molar-refractivity contribution is -0.159. The van der Waals surface area contributed by atoms with Crippen LogP contribution in [0.5, 0.6) is 0 Å². The number of carbonyl (C=O) groups is 4. The van der Waals surface area contributed by atoms with E-state index in [0.29, 0.717) is 26.1 Å². The zero-order valence-electron chi connectivity index (χ0n) is 14.5. The number of carboxylic acids is 1. The van der Waals surface area contributed by atoms with E-state index in [1.165, 1.54) is 14.7 Å². The second-order valence-electron chi connectivity index (χ2n) is 7.11. The molecule has 0 spiro atoms. The lowest BCUT2D eigenvalue weighted by atomic mass is 9.85. The molecule has 2 heterocycles. The Morgan fingerprint density at radius 2 is 1.72 bits per heavy atom. The minimum atomic E-state index is -0.985. The number of likely N-dealkylation sites (tertiary alicyclic amines) is 1. The number of aliphatic carboxylic acids is 1. The van der Waals surface area contributed by atoms with Gasteiger partial charge >= 0.3 is 17.8 Å². The Morgan fingerprint density at radius 1 is 1.08 bits per heavy atom. The van der Waals surface area contributed by atoms with Crippen molar-refractivity contribution < 1.29 is 24.3 Å². The molecule has 3 atom stereocenters. The second kappa shape index (κ2) is 7.01. The molecule has 0 aromatic carbocycles. The molecule has 0 bridgehead atoms. The first kappa shape index (κ1) is 17.7. The third kappa shape index (κ3) is 3.21. The quantitative estimate of drug-likeness (QED) is 0.715. The maximum absolute atomic E-state index is 12.8. The van der Waals surface area contributed by atoms with Crippen molar-refractivity contribution >= 4 is 23.7 Å². The molecule has 138 valence electrons.